The fourth-order valence-electron chi connectivity index (χ4n) is 2.78. The van der Waals surface area contributed by atoms with Crippen molar-refractivity contribution in [2.75, 3.05) is 12.6 Å². The lowest BCUT2D eigenvalue weighted by molar-refractivity contribution is -0.120. The second-order valence-electron chi connectivity index (χ2n) is 6.35. The smallest absolute Gasteiger partial charge is 0.233 e. The number of thioether (sulfide) groups is 1. The molecule has 0 spiro atoms. The lowest BCUT2D eigenvalue weighted by Crippen LogP contribution is -2.30. The molecule has 0 saturated heterocycles. The van der Waals surface area contributed by atoms with Gasteiger partial charge in [0.05, 0.1) is 5.25 Å². The van der Waals surface area contributed by atoms with E-state index in [1.54, 1.807) is 19.1 Å². The Morgan fingerprint density at radius 2 is 2.10 bits per heavy atom. The molecule has 10 heteroatoms. The Hall–Kier alpha value is -2.91. The lowest BCUT2D eigenvalue weighted by Gasteiger charge is -2.12. The fraction of sp³-hybridized carbons (Fsp3) is 0.211. The molecule has 1 aromatic heterocycles. The molecule has 2 aromatic carbocycles. The fourth-order valence-corrected chi connectivity index (χ4v) is 3.76. The van der Waals surface area contributed by atoms with Crippen LogP contribution in [0.3, 0.4) is 0 Å². The van der Waals surface area contributed by atoms with Gasteiger partial charge in [-0.3, -0.25) is 4.79 Å². The number of hydrogen-bond acceptors (Lipinski definition) is 7. The first-order valence-electron chi connectivity index (χ1n) is 8.80. The van der Waals surface area contributed by atoms with E-state index in [0.29, 0.717) is 34.0 Å². The average molecular weight is 432 g/mol. The minimum atomic E-state index is -0.414. The molecule has 0 radical (unpaired) electrons. The van der Waals surface area contributed by atoms with Crippen LogP contribution in [-0.2, 0) is 11.3 Å². The van der Waals surface area contributed by atoms with Gasteiger partial charge in [-0.2, -0.15) is 0 Å². The summed E-state index contributed by atoms with van der Waals surface area (Å²) in [5, 5.41) is 11.7. The van der Waals surface area contributed by atoms with Crippen molar-refractivity contribution in [1.82, 2.24) is 20.2 Å². The zero-order chi connectivity index (χ0) is 20.4. The first-order valence-corrected chi connectivity index (χ1v) is 10.1. The average Bonchev–Trinajstić information content (AvgIpc) is 3.32. The molecule has 1 unspecified atom stereocenters. The minimum absolute atomic E-state index is 0.139. The third-order valence-corrected chi connectivity index (χ3v) is 5.59. The normalized spacial score (nSPS) is 13.3. The maximum atomic E-state index is 12.5. The summed E-state index contributed by atoms with van der Waals surface area (Å²) in [6.07, 6.45) is 0. The number of benzene rings is 2. The molecule has 29 heavy (non-hydrogen) atoms. The van der Waals surface area contributed by atoms with Crippen LogP contribution in [0, 0.1) is 0 Å². The van der Waals surface area contributed by atoms with E-state index in [-0.39, 0.29) is 12.7 Å². The Morgan fingerprint density at radius 1 is 1.28 bits per heavy atom. The molecule has 1 aliphatic rings. The van der Waals surface area contributed by atoms with Crippen LogP contribution in [0.25, 0.3) is 11.4 Å². The maximum absolute atomic E-state index is 12.5. The molecule has 8 nitrogen and oxygen atoms in total. The first-order chi connectivity index (χ1) is 14.0. The Balaban J connectivity index is 1.37. The first kappa shape index (κ1) is 19.4. The number of carbonyl (C=O) groups is 1. The Labute approximate surface area is 176 Å². The topological polar surface area (TPSA) is 104 Å². The number of nitrogen functional groups attached to an aromatic ring is 1. The van der Waals surface area contributed by atoms with Crippen molar-refractivity contribution in [2.24, 2.45) is 0 Å². The summed E-state index contributed by atoms with van der Waals surface area (Å²) in [6, 6.07) is 12.7. The third-order valence-electron chi connectivity index (χ3n) is 4.30. The van der Waals surface area contributed by atoms with E-state index in [1.165, 1.54) is 16.4 Å². The molecule has 0 aliphatic carbocycles. The largest absolute Gasteiger partial charge is 0.454 e. The third kappa shape index (κ3) is 4.25. The zero-order valence-electron chi connectivity index (χ0n) is 15.5. The standard InChI is InChI=1S/C19H18ClN5O3S/c1-11(18(26)22-9-12-5-6-15-16(7-12)28-10-27-15)29-19-24-23-17(25(19)21)13-3-2-4-14(20)8-13/h2-8,11H,9-10,21H2,1H3,(H,22,26). The number of nitrogens with one attached hydrogen (secondary N) is 1. The summed E-state index contributed by atoms with van der Waals surface area (Å²) in [5.41, 5.74) is 1.67. The monoisotopic (exact) mass is 431 g/mol. The van der Waals surface area contributed by atoms with E-state index >= 15 is 0 Å². The highest BCUT2D eigenvalue weighted by Gasteiger charge is 2.20. The van der Waals surface area contributed by atoms with Crippen molar-refractivity contribution in [1.29, 1.82) is 0 Å². The Morgan fingerprint density at radius 3 is 2.93 bits per heavy atom. The number of ether oxygens (including phenoxy) is 2. The number of fused-ring (bicyclic) bond motifs is 1. The van der Waals surface area contributed by atoms with Crippen molar-refractivity contribution in [3.05, 3.63) is 53.1 Å². The maximum Gasteiger partial charge on any atom is 0.233 e. The zero-order valence-corrected chi connectivity index (χ0v) is 17.0. The molecule has 2 heterocycles. The summed E-state index contributed by atoms with van der Waals surface area (Å²) in [5.74, 6) is 7.85. The summed E-state index contributed by atoms with van der Waals surface area (Å²) in [6.45, 7) is 2.38. The van der Waals surface area contributed by atoms with Crippen LogP contribution in [0.15, 0.2) is 47.6 Å². The molecule has 0 fully saturated rings. The van der Waals surface area contributed by atoms with Crippen molar-refractivity contribution in [3.63, 3.8) is 0 Å². The molecular weight excluding hydrogens is 414 g/mol. The molecule has 0 bridgehead atoms. The highest BCUT2D eigenvalue weighted by Crippen LogP contribution is 2.32. The number of aromatic nitrogens is 3. The molecule has 0 saturated carbocycles. The molecule has 150 valence electrons. The van der Waals surface area contributed by atoms with Gasteiger partial charge in [-0.25, -0.2) is 4.68 Å². The Bertz CT molecular complexity index is 1060. The molecule has 3 aromatic rings. The van der Waals surface area contributed by atoms with E-state index in [4.69, 9.17) is 26.9 Å². The van der Waals surface area contributed by atoms with Crippen molar-refractivity contribution in [2.45, 2.75) is 23.9 Å². The second-order valence-corrected chi connectivity index (χ2v) is 8.10. The van der Waals surface area contributed by atoms with Gasteiger partial charge in [-0.05, 0) is 36.8 Å². The predicted molar refractivity (Wildman–Crippen MR) is 110 cm³/mol. The van der Waals surface area contributed by atoms with E-state index in [1.807, 2.05) is 30.3 Å². The summed E-state index contributed by atoms with van der Waals surface area (Å²) < 4.78 is 12.0. The van der Waals surface area contributed by atoms with Crippen LogP contribution in [0.2, 0.25) is 5.02 Å². The number of carbonyl (C=O) groups excluding carboxylic acids is 1. The molecule has 1 aliphatic heterocycles. The SMILES string of the molecule is CC(Sc1nnc(-c2cccc(Cl)c2)n1N)C(=O)NCc1ccc2c(c1)OCO2. The van der Waals surface area contributed by atoms with Crippen LogP contribution >= 0.6 is 23.4 Å². The van der Waals surface area contributed by atoms with Gasteiger partial charge in [0.1, 0.15) is 0 Å². The van der Waals surface area contributed by atoms with Crippen LogP contribution in [0.5, 0.6) is 11.5 Å². The summed E-state index contributed by atoms with van der Waals surface area (Å²) in [7, 11) is 0. The number of nitrogens with zero attached hydrogens (tertiary/aromatic N) is 3. The van der Waals surface area contributed by atoms with Gasteiger partial charge in [0.25, 0.3) is 0 Å². The van der Waals surface area contributed by atoms with Gasteiger partial charge in [0.2, 0.25) is 17.9 Å². The van der Waals surface area contributed by atoms with Crippen LogP contribution in [-0.4, -0.2) is 32.8 Å². The number of halogens is 1. The Kier molecular flexibility index (Phi) is 5.50. The second kappa shape index (κ2) is 8.22. The lowest BCUT2D eigenvalue weighted by atomic mass is 10.2. The van der Waals surface area contributed by atoms with Gasteiger partial charge >= 0.3 is 0 Å². The summed E-state index contributed by atoms with van der Waals surface area (Å²) >= 11 is 7.25. The number of nitrogens with two attached hydrogens (primary N) is 1. The number of hydrogen-bond donors (Lipinski definition) is 2. The van der Waals surface area contributed by atoms with Crippen molar-refractivity contribution < 1.29 is 14.3 Å². The molecular formula is C19H18ClN5O3S. The molecule has 1 amide bonds. The molecule has 3 N–H and O–H groups in total. The van der Waals surface area contributed by atoms with Gasteiger partial charge in [0, 0.05) is 17.1 Å². The van der Waals surface area contributed by atoms with Gasteiger partial charge in [-0.15, -0.1) is 10.2 Å². The number of rotatable bonds is 6. The van der Waals surface area contributed by atoms with Crippen LogP contribution in [0.4, 0.5) is 0 Å². The predicted octanol–water partition coefficient (Wildman–Crippen LogP) is 2.84. The molecule has 1 atom stereocenters. The quantitative estimate of drug-likeness (QED) is 0.456. The van der Waals surface area contributed by atoms with Gasteiger partial charge in [-0.1, -0.05) is 41.6 Å². The van der Waals surface area contributed by atoms with E-state index in [2.05, 4.69) is 15.5 Å². The van der Waals surface area contributed by atoms with Gasteiger partial charge < -0.3 is 20.6 Å². The molecule has 4 rings (SSSR count). The van der Waals surface area contributed by atoms with Gasteiger partial charge in [0.15, 0.2) is 17.3 Å². The van der Waals surface area contributed by atoms with E-state index in [0.717, 1.165) is 11.1 Å². The van der Waals surface area contributed by atoms with E-state index < -0.39 is 5.25 Å². The van der Waals surface area contributed by atoms with E-state index in [9.17, 15) is 4.79 Å². The van der Waals surface area contributed by atoms with Crippen molar-refractivity contribution >= 4 is 29.3 Å². The van der Waals surface area contributed by atoms with Crippen LogP contribution < -0.4 is 20.6 Å². The number of amides is 1. The highest BCUT2D eigenvalue weighted by atomic mass is 35.5. The van der Waals surface area contributed by atoms with Crippen LogP contribution in [0.1, 0.15) is 12.5 Å². The summed E-state index contributed by atoms with van der Waals surface area (Å²) in [4.78, 5) is 12.5. The minimum Gasteiger partial charge on any atom is -0.454 e. The van der Waals surface area contributed by atoms with Crippen molar-refractivity contribution in [3.8, 4) is 22.9 Å². The highest BCUT2D eigenvalue weighted by molar-refractivity contribution is 8.00.